The second kappa shape index (κ2) is 4.57. The number of fused-ring (bicyclic) bond motifs is 1. The van der Waals surface area contributed by atoms with Gasteiger partial charge in [0.05, 0.1) is 5.39 Å². The van der Waals surface area contributed by atoms with E-state index in [0.717, 1.165) is 29.9 Å². The molecule has 0 aliphatic carbocycles. The summed E-state index contributed by atoms with van der Waals surface area (Å²) in [6.45, 7) is 4.46. The molecule has 0 saturated carbocycles. The summed E-state index contributed by atoms with van der Waals surface area (Å²) in [6, 6.07) is 2.54. The first-order valence-corrected chi connectivity index (χ1v) is 6.49. The van der Waals surface area contributed by atoms with Crippen LogP contribution in [0.4, 0.5) is 5.82 Å². The Morgan fingerprint density at radius 1 is 1.39 bits per heavy atom. The summed E-state index contributed by atoms with van der Waals surface area (Å²) in [4.78, 5) is 14.1. The molecule has 0 unspecified atom stereocenters. The van der Waals surface area contributed by atoms with Crippen LogP contribution in [0.5, 0.6) is 0 Å². The monoisotopic (exact) mass is 245 g/mol. The summed E-state index contributed by atoms with van der Waals surface area (Å²) in [5, 5.41) is 4.56. The molecular weight excluding hydrogens is 226 g/mol. The van der Waals surface area contributed by atoms with E-state index in [1.54, 1.807) is 6.33 Å². The average Bonchev–Trinajstić information content (AvgIpc) is 2.86. The maximum Gasteiger partial charge on any atom is 0.142 e. The molecule has 5 heteroatoms. The molecule has 1 aliphatic heterocycles. The molecule has 2 aromatic rings. The van der Waals surface area contributed by atoms with Gasteiger partial charge in [0.15, 0.2) is 0 Å². The van der Waals surface area contributed by atoms with Crippen LogP contribution in [0.25, 0.3) is 11.0 Å². The highest BCUT2D eigenvalue weighted by Crippen LogP contribution is 2.26. The lowest BCUT2D eigenvalue weighted by atomic mass is 9.93. The van der Waals surface area contributed by atoms with E-state index in [-0.39, 0.29) is 0 Å². The number of piperidine rings is 1. The summed E-state index contributed by atoms with van der Waals surface area (Å²) in [6.07, 6.45) is 4.77. The lowest BCUT2D eigenvalue weighted by Gasteiger charge is -2.37. The number of aromatic nitrogens is 3. The van der Waals surface area contributed by atoms with E-state index in [0.29, 0.717) is 12.0 Å². The standard InChI is InChI=1S/C13H19N5/c1-9-3-5-14-7-11(9)18(2)13-10-4-6-15-12(10)16-8-17-13/h4,6,8-9,11,14H,3,5,7H2,1-2H3,(H,15,16,17)/t9-,11-/m0/s1. The third-order valence-electron chi connectivity index (χ3n) is 3.95. The van der Waals surface area contributed by atoms with Crippen molar-refractivity contribution < 1.29 is 0 Å². The Bertz CT molecular complexity index is 535. The fourth-order valence-electron chi connectivity index (χ4n) is 2.79. The maximum atomic E-state index is 4.46. The number of nitrogens with one attached hydrogen (secondary N) is 2. The van der Waals surface area contributed by atoms with Gasteiger partial charge in [0, 0.05) is 25.8 Å². The lowest BCUT2D eigenvalue weighted by molar-refractivity contribution is 0.338. The third-order valence-corrected chi connectivity index (χ3v) is 3.95. The zero-order valence-electron chi connectivity index (χ0n) is 10.8. The second-order valence-electron chi connectivity index (χ2n) is 5.09. The highest BCUT2D eigenvalue weighted by molar-refractivity contribution is 5.87. The first-order valence-electron chi connectivity index (χ1n) is 6.49. The highest BCUT2D eigenvalue weighted by Gasteiger charge is 2.26. The zero-order chi connectivity index (χ0) is 12.5. The first-order chi connectivity index (χ1) is 8.77. The molecule has 1 fully saturated rings. The van der Waals surface area contributed by atoms with E-state index >= 15 is 0 Å². The Kier molecular flexibility index (Phi) is 2.91. The predicted octanol–water partition coefficient (Wildman–Crippen LogP) is 1.39. The van der Waals surface area contributed by atoms with Crippen molar-refractivity contribution in [2.75, 3.05) is 25.0 Å². The summed E-state index contributed by atoms with van der Waals surface area (Å²) in [5.74, 6) is 1.70. The zero-order valence-corrected chi connectivity index (χ0v) is 10.8. The van der Waals surface area contributed by atoms with E-state index in [1.807, 2.05) is 12.3 Å². The van der Waals surface area contributed by atoms with E-state index in [2.05, 4.69) is 39.1 Å². The van der Waals surface area contributed by atoms with Gasteiger partial charge in [0.2, 0.25) is 0 Å². The molecule has 2 N–H and O–H groups in total. The van der Waals surface area contributed by atoms with Gasteiger partial charge in [-0.15, -0.1) is 0 Å². The highest BCUT2D eigenvalue weighted by atomic mass is 15.2. The molecule has 2 atom stereocenters. The number of H-pyrrole nitrogens is 1. The summed E-state index contributed by atoms with van der Waals surface area (Å²) in [7, 11) is 2.13. The van der Waals surface area contributed by atoms with Crippen LogP contribution in [-0.4, -0.2) is 41.1 Å². The topological polar surface area (TPSA) is 56.8 Å². The van der Waals surface area contributed by atoms with Crippen molar-refractivity contribution in [1.29, 1.82) is 0 Å². The van der Waals surface area contributed by atoms with Gasteiger partial charge < -0.3 is 15.2 Å². The quantitative estimate of drug-likeness (QED) is 0.839. The second-order valence-corrected chi connectivity index (χ2v) is 5.09. The fraction of sp³-hybridized carbons (Fsp3) is 0.538. The van der Waals surface area contributed by atoms with Crippen LogP contribution in [-0.2, 0) is 0 Å². The van der Waals surface area contributed by atoms with Crippen molar-refractivity contribution in [3.8, 4) is 0 Å². The molecule has 3 heterocycles. The summed E-state index contributed by atoms with van der Waals surface area (Å²) in [5.41, 5.74) is 0.906. The number of hydrogen-bond donors (Lipinski definition) is 2. The van der Waals surface area contributed by atoms with Gasteiger partial charge in [-0.3, -0.25) is 0 Å². The van der Waals surface area contributed by atoms with Crippen LogP contribution in [0.15, 0.2) is 18.6 Å². The van der Waals surface area contributed by atoms with Crippen molar-refractivity contribution >= 4 is 16.9 Å². The minimum Gasteiger partial charge on any atom is -0.354 e. The fourth-order valence-corrected chi connectivity index (χ4v) is 2.79. The third kappa shape index (κ3) is 1.84. The SMILES string of the molecule is C[C@H]1CCNC[C@@H]1N(C)c1ncnc2[nH]ccc12. The molecule has 18 heavy (non-hydrogen) atoms. The average molecular weight is 245 g/mol. The van der Waals surface area contributed by atoms with Gasteiger partial charge >= 0.3 is 0 Å². The van der Waals surface area contributed by atoms with Crippen LogP contribution in [0.3, 0.4) is 0 Å². The van der Waals surface area contributed by atoms with Gasteiger partial charge in [-0.25, -0.2) is 9.97 Å². The summed E-state index contributed by atoms with van der Waals surface area (Å²) >= 11 is 0. The number of anilines is 1. The molecule has 1 aliphatic rings. The maximum absolute atomic E-state index is 4.46. The van der Waals surface area contributed by atoms with E-state index in [9.17, 15) is 0 Å². The number of likely N-dealkylation sites (N-methyl/N-ethyl adjacent to an activating group) is 1. The molecular formula is C13H19N5. The molecule has 0 aromatic carbocycles. The van der Waals surface area contributed by atoms with Gasteiger partial charge in [0.25, 0.3) is 0 Å². The van der Waals surface area contributed by atoms with Gasteiger partial charge in [-0.1, -0.05) is 6.92 Å². The molecule has 2 aromatic heterocycles. The summed E-state index contributed by atoms with van der Waals surface area (Å²) < 4.78 is 0. The van der Waals surface area contributed by atoms with E-state index in [4.69, 9.17) is 0 Å². The molecule has 3 rings (SSSR count). The van der Waals surface area contributed by atoms with Crippen molar-refractivity contribution in [3.05, 3.63) is 18.6 Å². The predicted molar refractivity (Wildman–Crippen MR) is 72.7 cm³/mol. The Balaban J connectivity index is 1.95. The Morgan fingerprint density at radius 2 is 2.28 bits per heavy atom. The van der Waals surface area contributed by atoms with E-state index < -0.39 is 0 Å². The minimum absolute atomic E-state index is 0.492. The molecule has 0 amide bonds. The normalized spacial score (nSPS) is 24.3. The Morgan fingerprint density at radius 3 is 3.11 bits per heavy atom. The van der Waals surface area contributed by atoms with Crippen LogP contribution in [0, 0.1) is 5.92 Å². The Labute approximate surface area is 107 Å². The van der Waals surface area contributed by atoms with Crippen molar-refractivity contribution in [2.24, 2.45) is 5.92 Å². The van der Waals surface area contributed by atoms with Crippen LogP contribution in [0.1, 0.15) is 13.3 Å². The lowest BCUT2D eigenvalue weighted by Crippen LogP contribution is -2.49. The van der Waals surface area contributed by atoms with E-state index in [1.165, 1.54) is 6.42 Å². The van der Waals surface area contributed by atoms with Crippen LogP contribution >= 0.6 is 0 Å². The molecule has 0 bridgehead atoms. The Hall–Kier alpha value is -1.62. The number of aromatic amines is 1. The largest absolute Gasteiger partial charge is 0.354 e. The van der Waals surface area contributed by atoms with Crippen molar-refractivity contribution in [2.45, 2.75) is 19.4 Å². The number of rotatable bonds is 2. The van der Waals surface area contributed by atoms with Gasteiger partial charge in [0.1, 0.15) is 17.8 Å². The van der Waals surface area contributed by atoms with Crippen molar-refractivity contribution in [3.63, 3.8) is 0 Å². The van der Waals surface area contributed by atoms with Crippen molar-refractivity contribution in [1.82, 2.24) is 20.3 Å². The minimum atomic E-state index is 0.492. The molecule has 1 saturated heterocycles. The molecule has 0 spiro atoms. The number of nitrogens with zero attached hydrogens (tertiary/aromatic N) is 3. The molecule has 0 radical (unpaired) electrons. The molecule has 5 nitrogen and oxygen atoms in total. The smallest absolute Gasteiger partial charge is 0.142 e. The molecule has 96 valence electrons. The first kappa shape index (κ1) is 11.5. The van der Waals surface area contributed by atoms with Gasteiger partial charge in [-0.05, 0) is 24.9 Å². The van der Waals surface area contributed by atoms with Crippen LogP contribution < -0.4 is 10.2 Å². The number of hydrogen-bond acceptors (Lipinski definition) is 4. The van der Waals surface area contributed by atoms with Crippen LogP contribution in [0.2, 0.25) is 0 Å². The van der Waals surface area contributed by atoms with Gasteiger partial charge in [-0.2, -0.15) is 0 Å².